The summed E-state index contributed by atoms with van der Waals surface area (Å²) < 4.78 is 45.2. The summed E-state index contributed by atoms with van der Waals surface area (Å²) in [6.45, 7) is 0. The Morgan fingerprint density at radius 2 is 1.87 bits per heavy atom. The number of methoxy groups -OCH3 is 1. The summed E-state index contributed by atoms with van der Waals surface area (Å²) in [6, 6.07) is 9.31. The van der Waals surface area contributed by atoms with E-state index < -0.39 is 17.3 Å². The van der Waals surface area contributed by atoms with Crippen molar-refractivity contribution in [1.29, 1.82) is 0 Å². The van der Waals surface area contributed by atoms with Gasteiger partial charge in [0.1, 0.15) is 0 Å². The Balaban J connectivity index is 1.87. The van der Waals surface area contributed by atoms with Crippen molar-refractivity contribution in [2.24, 2.45) is 0 Å². The fourth-order valence-electron chi connectivity index (χ4n) is 3.12. The number of rotatable bonds is 4. The number of aromatic nitrogens is 2. The second-order valence-electron chi connectivity index (χ2n) is 6.54. The van der Waals surface area contributed by atoms with Crippen LogP contribution in [0.15, 0.2) is 58.8 Å². The van der Waals surface area contributed by atoms with Gasteiger partial charge in [-0.05, 0) is 35.9 Å². The van der Waals surface area contributed by atoms with Gasteiger partial charge in [0.25, 0.3) is 5.56 Å². The summed E-state index contributed by atoms with van der Waals surface area (Å²) in [5, 5.41) is 12.0. The van der Waals surface area contributed by atoms with Crippen LogP contribution in [0, 0.1) is 0 Å². The highest BCUT2D eigenvalue weighted by Crippen LogP contribution is 2.33. The summed E-state index contributed by atoms with van der Waals surface area (Å²) >= 11 is 1.26. The van der Waals surface area contributed by atoms with Crippen LogP contribution in [-0.4, -0.2) is 21.6 Å². The first-order chi connectivity index (χ1) is 14.8. The number of halogens is 3. The molecule has 4 rings (SSSR count). The van der Waals surface area contributed by atoms with Crippen molar-refractivity contribution in [2.75, 3.05) is 7.11 Å². The third kappa shape index (κ3) is 3.91. The van der Waals surface area contributed by atoms with Crippen LogP contribution >= 0.6 is 11.3 Å². The highest BCUT2D eigenvalue weighted by Gasteiger charge is 2.30. The quantitative estimate of drug-likeness (QED) is 0.462. The van der Waals surface area contributed by atoms with Crippen molar-refractivity contribution < 1.29 is 23.0 Å². The zero-order valence-corrected chi connectivity index (χ0v) is 16.9. The second-order valence-corrected chi connectivity index (χ2v) is 7.41. The number of para-hydroxylation sites is 1. The Labute approximate surface area is 178 Å². The van der Waals surface area contributed by atoms with Crippen LogP contribution in [0.3, 0.4) is 0 Å². The monoisotopic (exact) mass is 444 g/mol. The molecule has 0 spiro atoms. The molecule has 0 fully saturated rings. The molecule has 0 bridgehead atoms. The number of ether oxygens (including phenoxy) is 1. The number of alkyl halides is 3. The molecule has 0 aliphatic carbocycles. The lowest BCUT2D eigenvalue weighted by Crippen LogP contribution is -2.17. The van der Waals surface area contributed by atoms with Crippen LogP contribution in [0.5, 0.6) is 11.5 Å². The van der Waals surface area contributed by atoms with Crippen molar-refractivity contribution in [3.05, 3.63) is 81.2 Å². The van der Waals surface area contributed by atoms with Gasteiger partial charge in [-0.1, -0.05) is 24.3 Å². The SMILES string of the molecule is COc1cccc(/C=C/c2nc3sccn3c(=O)c2-c2ccc(C(F)(F)F)cc2)c1O. The van der Waals surface area contributed by atoms with Gasteiger partial charge in [-0.25, -0.2) is 4.98 Å². The van der Waals surface area contributed by atoms with Gasteiger partial charge in [-0.2, -0.15) is 13.2 Å². The average Bonchev–Trinajstić information content (AvgIpc) is 3.22. The molecule has 9 heteroatoms. The Kier molecular flexibility index (Phi) is 5.28. The fraction of sp³-hybridized carbons (Fsp3) is 0.0909. The van der Waals surface area contributed by atoms with E-state index in [2.05, 4.69) is 4.98 Å². The standard InChI is InChI=1S/C22H15F3N2O3S/c1-30-17-4-2-3-14(19(17)28)7-10-16-18(20(29)27-11-12-31-21(27)26-16)13-5-8-15(9-6-13)22(23,24)25/h2-12,28H,1H3/b10-7+. The summed E-state index contributed by atoms with van der Waals surface area (Å²) in [5.41, 5.74) is -0.0379. The van der Waals surface area contributed by atoms with E-state index in [9.17, 15) is 23.1 Å². The van der Waals surface area contributed by atoms with E-state index in [0.29, 0.717) is 16.1 Å². The largest absolute Gasteiger partial charge is 0.504 e. The minimum absolute atomic E-state index is 0.0775. The van der Waals surface area contributed by atoms with Crippen molar-refractivity contribution in [1.82, 2.24) is 9.38 Å². The molecule has 0 aliphatic rings. The van der Waals surface area contributed by atoms with Crippen molar-refractivity contribution in [2.45, 2.75) is 6.18 Å². The molecule has 2 aromatic carbocycles. The number of benzene rings is 2. The smallest absolute Gasteiger partial charge is 0.416 e. The number of aromatic hydroxyl groups is 1. The Morgan fingerprint density at radius 1 is 1.13 bits per heavy atom. The highest BCUT2D eigenvalue weighted by atomic mass is 32.1. The zero-order valence-electron chi connectivity index (χ0n) is 16.1. The lowest BCUT2D eigenvalue weighted by molar-refractivity contribution is -0.137. The van der Waals surface area contributed by atoms with Crippen LogP contribution in [0.1, 0.15) is 16.8 Å². The van der Waals surface area contributed by atoms with Gasteiger partial charge in [0.15, 0.2) is 16.5 Å². The summed E-state index contributed by atoms with van der Waals surface area (Å²) in [5.74, 6) is 0.207. The molecular weight excluding hydrogens is 429 g/mol. The molecule has 0 saturated heterocycles. The summed E-state index contributed by atoms with van der Waals surface area (Å²) in [7, 11) is 1.43. The maximum Gasteiger partial charge on any atom is 0.416 e. The van der Waals surface area contributed by atoms with Crippen LogP contribution in [0.4, 0.5) is 13.2 Å². The van der Waals surface area contributed by atoms with Crippen molar-refractivity contribution in [3.63, 3.8) is 0 Å². The van der Waals surface area contributed by atoms with E-state index in [1.165, 1.54) is 35.0 Å². The van der Waals surface area contributed by atoms with E-state index in [4.69, 9.17) is 4.74 Å². The summed E-state index contributed by atoms with van der Waals surface area (Å²) in [6.07, 6.45) is 0.194. The van der Waals surface area contributed by atoms with Gasteiger partial charge >= 0.3 is 6.18 Å². The van der Waals surface area contributed by atoms with Crippen LogP contribution in [-0.2, 0) is 6.18 Å². The Hall–Kier alpha value is -3.59. The number of nitrogens with zero attached hydrogens (tertiary/aromatic N) is 2. The van der Waals surface area contributed by atoms with Crippen molar-refractivity contribution in [3.8, 4) is 22.6 Å². The normalized spacial score (nSPS) is 12.0. The third-order valence-corrected chi connectivity index (χ3v) is 5.42. The third-order valence-electron chi connectivity index (χ3n) is 4.67. The molecule has 4 aromatic rings. The molecule has 31 heavy (non-hydrogen) atoms. The van der Waals surface area contributed by atoms with E-state index in [1.54, 1.807) is 41.9 Å². The molecule has 158 valence electrons. The Morgan fingerprint density at radius 3 is 2.55 bits per heavy atom. The molecule has 0 atom stereocenters. The molecule has 0 saturated carbocycles. The number of phenols is 1. The molecular formula is C22H15F3N2O3S. The minimum Gasteiger partial charge on any atom is -0.504 e. The average molecular weight is 444 g/mol. The zero-order chi connectivity index (χ0) is 22.2. The molecule has 5 nitrogen and oxygen atoms in total. The van der Waals surface area contributed by atoms with Gasteiger partial charge in [0.2, 0.25) is 0 Å². The fourth-order valence-corrected chi connectivity index (χ4v) is 3.83. The lowest BCUT2D eigenvalue weighted by Gasteiger charge is -2.10. The number of hydrogen-bond donors (Lipinski definition) is 1. The van der Waals surface area contributed by atoms with Gasteiger partial charge in [-0.15, -0.1) is 11.3 Å². The molecule has 0 aliphatic heterocycles. The first-order valence-corrected chi connectivity index (χ1v) is 9.89. The minimum atomic E-state index is -4.48. The predicted octanol–water partition coefficient (Wildman–Crippen LogP) is 5.33. The number of fused-ring (bicyclic) bond motifs is 1. The molecule has 1 N–H and O–H groups in total. The lowest BCUT2D eigenvalue weighted by atomic mass is 10.0. The molecule has 2 heterocycles. The summed E-state index contributed by atoms with van der Waals surface area (Å²) in [4.78, 5) is 18.0. The van der Waals surface area contributed by atoms with E-state index >= 15 is 0 Å². The van der Waals surface area contributed by atoms with Crippen molar-refractivity contribution >= 4 is 28.4 Å². The maximum atomic E-state index is 13.1. The Bertz CT molecular complexity index is 1340. The number of phenolic OH excluding ortho intramolecular Hbond substituents is 1. The molecule has 0 amide bonds. The van der Waals surface area contributed by atoms with Crippen LogP contribution in [0.25, 0.3) is 28.2 Å². The van der Waals surface area contributed by atoms with E-state index in [0.717, 1.165) is 12.1 Å². The van der Waals surface area contributed by atoms with E-state index in [-0.39, 0.29) is 22.8 Å². The first kappa shape index (κ1) is 20.7. The van der Waals surface area contributed by atoms with E-state index in [1.807, 2.05) is 0 Å². The van der Waals surface area contributed by atoms with Crippen LogP contribution < -0.4 is 10.3 Å². The van der Waals surface area contributed by atoms with Gasteiger partial charge in [-0.3, -0.25) is 9.20 Å². The van der Waals surface area contributed by atoms with Gasteiger partial charge in [0.05, 0.1) is 23.9 Å². The molecule has 2 aromatic heterocycles. The molecule has 0 radical (unpaired) electrons. The van der Waals surface area contributed by atoms with Crippen LogP contribution in [0.2, 0.25) is 0 Å². The second kappa shape index (κ2) is 7.92. The first-order valence-electron chi connectivity index (χ1n) is 9.01. The topological polar surface area (TPSA) is 63.8 Å². The molecule has 0 unspecified atom stereocenters. The van der Waals surface area contributed by atoms with Gasteiger partial charge < -0.3 is 9.84 Å². The predicted molar refractivity (Wildman–Crippen MR) is 113 cm³/mol. The van der Waals surface area contributed by atoms with Gasteiger partial charge in [0, 0.05) is 17.1 Å². The maximum absolute atomic E-state index is 13.1. The number of thiazole rings is 1. The number of hydrogen-bond acceptors (Lipinski definition) is 5. The highest BCUT2D eigenvalue weighted by molar-refractivity contribution is 7.15.